The monoisotopic (exact) mass is 337 g/mol. The molecule has 2 heteroatoms. The molecule has 1 aromatic heterocycles. The van der Waals surface area contributed by atoms with Crippen LogP contribution in [0, 0.1) is 11.8 Å². The average molecular weight is 338 g/mol. The van der Waals surface area contributed by atoms with E-state index in [1.54, 1.807) is 0 Å². The number of benzene rings is 1. The van der Waals surface area contributed by atoms with Gasteiger partial charge in [0.2, 0.25) is 0 Å². The molecular formula is C23H31NO. The fourth-order valence-corrected chi connectivity index (χ4v) is 4.00. The Hall–Kier alpha value is -1.83. The minimum atomic E-state index is 0.537. The van der Waals surface area contributed by atoms with E-state index in [2.05, 4.69) is 36.2 Å². The van der Waals surface area contributed by atoms with E-state index >= 15 is 0 Å². The average Bonchev–Trinajstić information content (AvgIpc) is 2.67. The van der Waals surface area contributed by atoms with Crippen molar-refractivity contribution in [1.29, 1.82) is 0 Å². The highest BCUT2D eigenvalue weighted by molar-refractivity contribution is 5.33. The van der Waals surface area contributed by atoms with Crippen molar-refractivity contribution >= 4 is 0 Å². The fourth-order valence-electron chi connectivity index (χ4n) is 4.00. The first-order valence-electron chi connectivity index (χ1n) is 9.92. The predicted molar refractivity (Wildman–Crippen MR) is 104 cm³/mol. The molecule has 1 aliphatic rings. The number of para-hydroxylation sites is 1. The summed E-state index contributed by atoms with van der Waals surface area (Å²) in [5.41, 5.74) is 2.30. The molecule has 1 aromatic carbocycles. The summed E-state index contributed by atoms with van der Waals surface area (Å²) in [6.07, 6.45) is 12.8. The summed E-state index contributed by atoms with van der Waals surface area (Å²) in [4.78, 5) is 4.34. The van der Waals surface area contributed by atoms with Crippen molar-refractivity contribution in [3.05, 3.63) is 59.9 Å². The molecule has 0 saturated heterocycles. The predicted octanol–water partition coefficient (Wildman–Crippen LogP) is 6.20. The summed E-state index contributed by atoms with van der Waals surface area (Å²) in [7, 11) is 0. The molecule has 0 amide bonds. The van der Waals surface area contributed by atoms with Gasteiger partial charge in [-0.1, -0.05) is 63.3 Å². The van der Waals surface area contributed by atoms with E-state index in [4.69, 9.17) is 4.74 Å². The zero-order chi connectivity index (χ0) is 17.3. The molecule has 2 aromatic rings. The zero-order valence-corrected chi connectivity index (χ0v) is 15.5. The van der Waals surface area contributed by atoms with Gasteiger partial charge in [-0.2, -0.15) is 0 Å². The van der Waals surface area contributed by atoms with Gasteiger partial charge in [0, 0.05) is 6.20 Å². The van der Waals surface area contributed by atoms with Crippen molar-refractivity contribution in [2.75, 3.05) is 0 Å². The number of pyridine rings is 1. The maximum Gasteiger partial charge on any atom is 0.130 e. The second-order valence-corrected chi connectivity index (χ2v) is 7.60. The van der Waals surface area contributed by atoms with Crippen molar-refractivity contribution < 1.29 is 4.74 Å². The van der Waals surface area contributed by atoms with E-state index < -0.39 is 0 Å². The summed E-state index contributed by atoms with van der Waals surface area (Å²) in [5, 5.41) is 0. The Bertz CT molecular complexity index is 619. The topological polar surface area (TPSA) is 22.1 Å². The second-order valence-electron chi connectivity index (χ2n) is 7.60. The summed E-state index contributed by atoms with van der Waals surface area (Å²) >= 11 is 0. The van der Waals surface area contributed by atoms with Gasteiger partial charge in [-0.05, 0) is 54.9 Å². The molecule has 134 valence electrons. The quantitative estimate of drug-likeness (QED) is 0.572. The van der Waals surface area contributed by atoms with Gasteiger partial charge in [0.1, 0.15) is 12.4 Å². The molecule has 1 saturated carbocycles. The summed E-state index contributed by atoms with van der Waals surface area (Å²) in [5.74, 6) is 2.78. The summed E-state index contributed by atoms with van der Waals surface area (Å²) < 4.78 is 6.04. The summed E-state index contributed by atoms with van der Waals surface area (Å²) in [6, 6.07) is 14.4. The van der Waals surface area contributed by atoms with Crippen LogP contribution in [0.3, 0.4) is 0 Å². The van der Waals surface area contributed by atoms with Crippen LogP contribution < -0.4 is 4.74 Å². The largest absolute Gasteiger partial charge is 0.487 e. The van der Waals surface area contributed by atoms with Crippen LogP contribution in [-0.4, -0.2) is 4.98 Å². The fraction of sp³-hybridized carbons (Fsp3) is 0.522. The number of aromatic nitrogens is 1. The van der Waals surface area contributed by atoms with Gasteiger partial charge in [-0.25, -0.2) is 0 Å². The van der Waals surface area contributed by atoms with Gasteiger partial charge in [0.15, 0.2) is 0 Å². The number of hydrogen-bond acceptors (Lipinski definition) is 2. The minimum Gasteiger partial charge on any atom is -0.487 e. The van der Waals surface area contributed by atoms with E-state index in [0.29, 0.717) is 6.61 Å². The smallest absolute Gasteiger partial charge is 0.130 e. The highest BCUT2D eigenvalue weighted by Crippen LogP contribution is 2.31. The molecule has 1 aliphatic carbocycles. The number of nitrogens with zero attached hydrogens (tertiary/aromatic N) is 1. The molecule has 1 atom stereocenters. The Labute approximate surface area is 152 Å². The van der Waals surface area contributed by atoms with E-state index in [1.165, 1.54) is 50.5 Å². The lowest BCUT2D eigenvalue weighted by atomic mass is 9.82. The van der Waals surface area contributed by atoms with Crippen LogP contribution in [0.1, 0.15) is 63.1 Å². The lowest BCUT2D eigenvalue weighted by Crippen LogP contribution is -2.11. The third-order valence-corrected chi connectivity index (χ3v) is 5.44. The highest BCUT2D eigenvalue weighted by Gasteiger charge is 2.16. The van der Waals surface area contributed by atoms with Crippen LogP contribution in [0.2, 0.25) is 0 Å². The van der Waals surface area contributed by atoms with Crippen LogP contribution in [0.15, 0.2) is 48.7 Å². The zero-order valence-electron chi connectivity index (χ0n) is 15.5. The van der Waals surface area contributed by atoms with E-state index in [-0.39, 0.29) is 0 Å². The normalized spacial score (nSPS) is 16.5. The standard InChI is InChI=1S/C23H31NO/c1-19(17-20-9-3-2-4-10-20)14-15-21-11-5-6-13-23(21)25-18-22-12-7-8-16-24-22/h5-8,11-13,16,19-20H,2-4,9-10,14-15,17-18H2,1H3. The molecule has 0 radical (unpaired) electrons. The van der Waals surface area contributed by atoms with Crippen molar-refractivity contribution in [2.24, 2.45) is 11.8 Å². The lowest BCUT2D eigenvalue weighted by Gasteiger charge is -2.24. The van der Waals surface area contributed by atoms with Crippen LogP contribution >= 0.6 is 0 Å². The molecule has 1 unspecified atom stereocenters. The molecule has 1 fully saturated rings. The van der Waals surface area contributed by atoms with Gasteiger partial charge in [-0.3, -0.25) is 4.98 Å². The Morgan fingerprint density at radius 2 is 1.84 bits per heavy atom. The highest BCUT2D eigenvalue weighted by atomic mass is 16.5. The van der Waals surface area contributed by atoms with Crippen LogP contribution in [0.25, 0.3) is 0 Å². The van der Waals surface area contributed by atoms with Gasteiger partial charge in [0.25, 0.3) is 0 Å². The summed E-state index contributed by atoms with van der Waals surface area (Å²) in [6.45, 7) is 2.96. The van der Waals surface area contributed by atoms with E-state index in [0.717, 1.165) is 29.7 Å². The molecule has 0 spiro atoms. The molecule has 0 bridgehead atoms. The molecule has 0 N–H and O–H groups in total. The Kier molecular flexibility index (Phi) is 6.90. The lowest BCUT2D eigenvalue weighted by molar-refractivity contribution is 0.285. The molecule has 3 rings (SSSR count). The first kappa shape index (κ1) is 18.0. The number of ether oxygens (including phenoxy) is 1. The van der Waals surface area contributed by atoms with Gasteiger partial charge in [-0.15, -0.1) is 0 Å². The van der Waals surface area contributed by atoms with Crippen LogP contribution in [0.4, 0.5) is 0 Å². The number of hydrogen-bond donors (Lipinski definition) is 0. The van der Waals surface area contributed by atoms with Crippen LogP contribution in [-0.2, 0) is 13.0 Å². The molecule has 1 heterocycles. The van der Waals surface area contributed by atoms with Crippen LogP contribution in [0.5, 0.6) is 5.75 Å². The van der Waals surface area contributed by atoms with Gasteiger partial charge >= 0.3 is 0 Å². The first-order chi connectivity index (χ1) is 12.3. The molecule has 25 heavy (non-hydrogen) atoms. The Morgan fingerprint density at radius 3 is 2.64 bits per heavy atom. The maximum absolute atomic E-state index is 6.04. The first-order valence-corrected chi connectivity index (χ1v) is 9.92. The molecule has 0 aliphatic heterocycles. The molecule has 2 nitrogen and oxygen atoms in total. The van der Waals surface area contributed by atoms with Gasteiger partial charge in [0.05, 0.1) is 5.69 Å². The SMILES string of the molecule is CC(CCc1ccccc1OCc1ccccn1)CC1CCCCC1. The maximum atomic E-state index is 6.04. The van der Waals surface area contributed by atoms with E-state index in [1.807, 2.05) is 24.4 Å². The third-order valence-electron chi connectivity index (χ3n) is 5.44. The molecular weight excluding hydrogens is 306 g/mol. The number of aryl methyl sites for hydroxylation is 1. The van der Waals surface area contributed by atoms with Crippen molar-refractivity contribution in [2.45, 2.75) is 64.9 Å². The van der Waals surface area contributed by atoms with Gasteiger partial charge < -0.3 is 4.74 Å². The van der Waals surface area contributed by atoms with Crippen molar-refractivity contribution in [3.8, 4) is 5.75 Å². The Balaban J connectivity index is 1.50. The van der Waals surface area contributed by atoms with E-state index in [9.17, 15) is 0 Å². The number of rotatable bonds is 8. The second kappa shape index (κ2) is 9.60. The van der Waals surface area contributed by atoms with Crippen molar-refractivity contribution in [1.82, 2.24) is 4.98 Å². The Morgan fingerprint density at radius 1 is 1.04 bits per heavy atom. The minimum absolute atomic E-state index is 0.537. The van der Waals surface area contributed by atoms with Crippen molar-refractivity contribution in [3.63, 3.8) is 0 Å². The third kappa shape index (κ3) is 5.88.